The van der Waals surface area contributed by atoms with Gasteiger partial charge >= 0.3 is 0 Å². The van der Waals surface area contributed by atoms with Gasteiger partial charge in [-0.2, -0.15) is 4.73 Å². The van der Waals surface area contributed by atoms with E-state index < -0.39 is 6.10 Å². The maximum atomic E-state index is 10.2. The zero-order chi connectivity index (χ0) is 12.4. The van der Waals surface area contributed by atoms with E-state index in [9.17, 15) is 5.11 Å². The molecule has 0 saturated carbocycles. The molecule has 0 spiro atoms. The van der Waals surface area contributed by atoms with Crippen LogP contribution in [0.4, 0.5) is 0 Å². The van der Waals surface area contributed by atoms with Gasteiger partial charge in [-0.3, -0.25) is 0 Å². The topological polar surface area (TPSA) is 34.4 Å². The molecule has 0 amide bonds. The van der Waals surface area contributed by atoms with Gasteiger partial charge in [-0.1, -0.05) is 23.8 Å². The summed E-state index contributed by atoms with van der Waals surface area (Å²) in [6, 6.07) is 7.86. The van der Waals surface area contributed by atoms with E-state index in [2.05, 4.69) is 6.58 Å². The first-order chi connectivity index (χ1) is 8.13. The van der Waals surface area contributed by atoms with Gasteiger partial charge in [0, 0.05) is 10.9 Å². The van der Waals surface area contributed by atoms with E-state index in [1.165, 1.54) is 0 Å². The van der Waals surface area contributed by atoms with Gasteiger partial charge in [0.1, 0.15) is 7.11 Å². The number of nitrogens with zero attached hydrogens (tertiary/aromatic N) is 1. The molecule has 1 aromatic heterocycles. The molecule has 1 unspecified atom stereocenters. The van der Waals surface area contributed by atoms with E-state index in [0.29, 0.717) is 6.42 Å². The van der Waals surface area contributed by atoms with Gasteiger partial charge in [0.05, 0.1) is 17.8 Å². The first-order valence-electron chi connectivity index (χ1n) is 5.60. The highest BCUT2D eigenvalue weighted by Crippen LogP contribution is 2.29. The van der Waals surface area contributed by atoms with Gasteiger partial charge in [0.2, 0.25) is 0 Å². The predicted molar refractivity (Wildman–Crippen MR) is 68.8 cm³/mol. The van der Waals surface area contributed by atoms with Crippen LogP contribution in [-0.2, 0) is 0 Å². The third-order valence-electron chi connectivity index (χ3n) is 2.81. The molecule has 0 saturated heterocycles. The van der Waals surface area contributed by atoms with Crippen molar-refractivity contribution in [3.8, 4) is 0 Å². The molecule has 90 valence electrons. The minimum atomic E-state index is -0.534. The molecule has 0 fully saturated rings. The Morgan fingerprint density at radius 3 is 2.82 bits per heavy atom. The van der Waals surface area contributed by atoms with E-state index >= 15 is 0 Å². The number of aliphatic hydroxyl groups is 1. The van der Waals surface area contributed by atoms with Crippen molar-refractivity contribution in [2.75, 3.05) is 7.11 Å². The quantitative estimate of drug-likeness (QED) is 0.821. The van der Waals surface area contributed by atoms with E-state index in [-0.39, 0.29) is 0 Å². The standard InChI is InChI=1S/C14H17NO2/c1-10(2)8-14(16)12-9-15(17-3)13-7-5-4-6-11(12)13/h4-7,9,14,16H,1,8H2,2-3H3. The Hall–Kier alpha value is -1.74. The summed E-state index contributed by atoms with van der Waals surface area (Å²) in [6.07, 6.45) is 1.87. The van der Waals surface area contributed by atoms with Crippen LogP contribution in [0.25, 0.3) is 10.9 Å². The highest BCUT2D eigenvalue weighted by Gasteiger charge is 2.15. The molecule has 17 heavy (non-hydrogen) atoms. The monoisotopic (exact) mass is 231 g/mol. The zero-order valence-electron chi connectivity index (χ0n) is 10.2. The van der Waals surface area contributed by atoms with Crippen LogP contribution in [0.3, 0.4) is 0 Å². The van der Waals surface area contributed by atoms with Crippen LogP contribution in [0.2, 0.25) is 0 Å². The van der Waals surface area contributed by atoms with E-state index in [1.807, 2.05) is 37.4 Å². The minimum Gasteiger partial charge on any atom is -0.417 e. The van der Waals surface area contributed by atoms with Gasteiger partial charge in [-0.25, -0.2) is 0 Å². The van der Waals surface area contributed by atoms with Gasteiger partial charge in [0.15, 0.2) is 0 Å². The molecule has 0 radical (unpaired) electrons. The highest BCUT2D eigenvalue weighted by atomic mass is 16.6. The maximum Gasteiger partial charge on any atom is 0.104 e. The van der Waals surface area contributed by atoms with Crippen LogP contribution in [0.15, 0.2) is 42.6 Å². The number of aromatic nitrogens is 1. The fourth-order valence-corrected chi connectivity index (χ4v) is 2.03. The molecule has 1 N–H and O–H groups in total. The summed E-state index contributed by atoms with van der Waals surface area (Å²) in [7, 11) is 1.61. The van der Waals surface area contributed by atoms with Crippen molar-refractivity contribution in [3.63, 3.8) is 0 Å². The predicted octanol–water partition coefficient (Wildman–Crippen LogP) is 2.70. The number of para-hydroxylation sites is 1. The lowest BCUT2D eigenvalue weighted by Crippen LogP contribution is -2.03. The Bertz CT molecular complexity index is 542. The lowest BCUT2D eigenvalue weighted by atomic mass is 10.0. The van der Waals surface area contributed by atoms with Crippen LogP contribution < -0.4 is 4.84 Å². The summed E-state index contributed by atoms with van der Waals surface area (Å²) in [5.74, 6) is 0. The van der Waals surface area contributed by atoms with Gasteiger partial charge in [-0.05, 0) is 19.4 Å². The summed E-state index contributed by atoms with van der Waals surface area (Å²) in [6.45, 7) is 5.74. The van der Waals surface area contributed by atoms with Crippen molar-refractivity contribution in [3.05, 3.63) is 48.2 Å². The second kappa shape index (κ2) is 4.63. The van der Waals surface area contributed by atoms with Gasteiger partial charge in [-0.15, -0.1) is 6.58 Å². The number of fused-ring (bicyclic) bond motifs is 1. The van der Waals surface area contributed by atoms with E-state index in [0.717, 1.165) is 22.0 Å². The summed E-state index contributed by atoms with van der Waals surface area (Å²) in [5.41, 5.74) is 2.81. The Morgan fingerprint density at radius 1 is 1.47 bits per heavy atom. The fourth-order valence-electron chi connectivity index (χ4n) is 2.03. The van der Waals surface area contributed by atoms with Crippen LogP contribution in [0.1, 0.15) is 25.0 Å². The molecular weight excluding hydrogens is 214 g/mol. The number of hydrogen-bond acceptors (Lipinski definition) is 2. The molecule has 2 aromatic rings. The Morgan fingerprint density at radius 2 is 2.18 bits per heavy atom. The van der Waals surface area contributed by atoms with Gasteiger partial charge < -0.3 is 9.94 Å². The summed E-state index contributed by atoms with van der Waals surface area (Å²) in [4.78, 5) is 5.25. The van der Waals surface area contributed by atoms with Crippen LogP contribution >= 0.6 is 0 Å². The second-order valence-corrected chi connectivity index (χ2v) is 4.29. The molecule has 1 atom stereocenters. The van der Waals surface area contributed by atoms with Crippen LogP contribution in [-0.4, -0.2) is 16.9 Å². The molecule has 0 aliphatic heterocycles. The van der Waals surface area contributed by atoms with Crippen LogP contribution in [0, 0.1) is 0 Å². The van der Waals surface area contributed by atoms with E-state index in [1.54, 1.807) is 11.8 Å². The molecule has 1 aromatic carbocycles. The average Bonchev–Trinajstić information content (AvgIpc) is 2.67. The molecule has 3 heteroatoms. The minimum absolute atomic E-state index is 0.534. The molecule has 0 aliphatic rings. The molecule has 1 heterocycles. The fraction of sp³-hybridized carbons (Fsp3) is 0.286. The Kier molecular flexibility index (Phi) is 3.20. The summed E-state index contributed by atoms with van der Waals surface area (Å²) >= 11 is 0. The lowest BCUT2D eigenvalue weighted by Gasteiger charge is -2.08. The molecule has 2 rings (SSSR count). The average molecular weight is 231 g/mol. The van der Waals surface area contributed by atoms with Gasteiger partial charge in [0.25, 0.3) is 0 Å². The van der Waals surface area contributed by atoms with Crippen LogP contribution in [0.5, 0.6) is 0 Å². The number of hydrogen-bond donors (Lipinski definition) is 1. The first-order valence-corrected chi connectivity index (χ1v) is 5.60. The van der Waals surface area contributed by atoms with Crippen molar-refractivity contribution in [1.29, 1.82) is 0 Å². The third-order valence-corrected chi connectivity index (χ3v) is 2.81. The zero-order valence-corrected chi connectivity index (χ0v) is 10.2. The largest absolute Gasteiger partial charge is 0.417 e. The Labute approximate surface area is 101 Å². The summed E-state index contributed by atoms with van der Waals surface area (Å²) < 4.78 is 1.67. The summed E-state index contributed by atoms with van der Waals surface area (Å²) in [5, 5.41) is 11.2. The number of rotatable bonds is 4. The van der Waals surface area contributed by atoms with Crippen molar-refractivity contribution in [1.82, 2.24) is 4.73 Å². The SMILES string of the molecule is C=C(C)CC(O)c1cn(OC)c2ccccc12. The van der Waals surface area contributed by atoms with E-state index in [4.69, 9.17) is 4.84 Å². The second-order valence-electron chi connectivity index (χ2n) is 4.29. The van der Waals surface area contributed by atoms with Crippen molar-refractivity contribution in [2.45, 2.75) is 19.4 Å². The van der Waals surface area contributed by atoms with Crippen molar-refractivity contribution >= 4 is 10.9 Å². The van der Waals surface area contributed by atoms with Crippen molar-refractivity contribution in [2.24, 2.45) is 0 Å². The number of aliphatic hydroxyl groups excluding tert-OH is 1. The Balaban J connectivity index is 2.50. The molecular formula is C14H17NO2. The first kappa shape index (κ1) is 11.7. The molecule has 0 bridgehead atoms. The molecule has 0 aliphatic carbocycles. The third kappa shape index (κ3) is 2.19. The maximum absolute atomic E-state index is 10.2. The normalized spacial score (nSPS) is 12.6. The molecule has 3 nitrogen and oxygen atoms in total. The highest BCUT2D eigenvalue weighted by molar-refractivity contribution is 5.84. The number of benzene rings is 1. The smallest absolute Gasteiger partial charge is 0.104 e. The lowest BCUT2D eigenvalue weighted by molar-refractivity contribution is 0.165. The van der Waals surface area contributed by atoms with Crippen molar-refractivity contribution < 1.29 is 9.94 Å².